The number of fused-ring (bicyclic) bond motifs is 1. The number of imidazole rings is 1. The van der Waals surface area contributed by atoms with Crippen molar-refractivity contribution in [1.29, 1.82) is 0 Å². The van der Waals surface area contributed by atoms with Crippen LogP contribution >= 0.6 is 0 Å². The molecule has 3 heteroatoms. The second-order valence-electron chi connectivity index (χ2n) is 4.90. The maximum atomic E-state index is 9.30. The summed E-state index contributed by atoms with van der Waals surface area (Å²) in [6.45, 7) is 4.22. The highest BCUT2D eigenvalue weighted by Crippen LogP contribution is 2.36. The lowest BCUT2D eigenvalue weighted by Crippen LogP contribution is -2.27. The lowest BCUT2D eigenvalue weighted by atomic mass is 9.82. The number of H-pyrrole nitrogens is 1. The van der Waals surface area contributed by atoms with Crippen molar-refractivity contribution in [3.05, 3.63) is 29.1 Å². The van der Waals surface area contributed by atoms with Gasteiger partial charge in [0.15, 0.2) is 0 Å². The fraction of sp³-hybridized carbons (Fsp3) is 0.462. The zero-order chi connectivity index (χ0) is 11.3. The van der Waals surface area contributed by atoms with Gasteiger partial charge in [0.05, 0.1) is 17.1 Å². The Morgan fingerprint density at radius 2 is 1.94 bits per heavy atom. The van der Waals surface area contributed by atoms with Crippen molar-refractivity contribution >= 4 is 11.0 Å². The third-order valence-corrected chi connectivity index (χ3v) is 3.62. The minimum Gasteiger partial charge on any atom is -0.393 e. The summed E-state index contributed by atoms with van der Waals surface area (Å²) in [4.78, 5) is 7.97. The predicted molar refractivity (Wildman–Crippen MR) is 63.5 cm³/mol. The third kappa shape index (κ3) is 1.43. The SMILES string of the molecule is Cc1cc2nc(C3CC(O)C3)[nH]c2cc1C. The molecule has 0 amide bonds. The molecular formula is C13H16N2O. The fourth-order valence-corrected chi connectivity index (χ4v) is 2.29. The van der Waals surface area contributed by atoms with Crippen LogP contribution in [0.4, 0.5) is 0 Å². The van der Waals surface area contributed by atoms with Gasteiger partial charge in [-0.1, -0.05) is 0 Å². The predicted octanol–water partition coefficient (Wildman–Crippen LogP) is 2.42. The molecule has 0 radical (unpaired) electrons. The van der Waals surface area contributed by atoms with E-state index >= 15 is 0 Å². The van der Waals surface area contributed by atoms with Crippen LogP contribution < -0.4 is 0 Å². The van der Waals surface area contributed by atoms with Crippen LogP contribution in [0.3, 0.4) is 0 Å². The number of nitrogens with one attached hydrogen (secondary N) is 1. The minimum absolute atomic E-state index is 0.123. The summed E-state index contributed by atoms with van der Waals surface area (Å²) in [5, 5.41) is 9.30. The van der Waals surface area contributed by atoms with E-state index in [2.05, 4.69) is 35.9 Å². The Morgan fingerprint density at radius 3 is 2.62 bits per heavy atom. The summed E-state index contributed by atoms with van der Waals surface area (Å²) in [5.74, 6) is 1.45. The summed E-state index contributed by atoms with van der Waals surface area (Å²) in [5.41, 5.74) is 4.72. The molecule has 1 aliphatic carbocycles. The van der Waals surface area contributed by atoms with E-state index in [1.807, 2.05) is 0 Å². The molecule has 16 heavy (non-hydrogen) atoms. The Labute approximate surface area is 94.5 Å². The van der Waals surface area contributed by atoms with Gasteiger partial charge in [0.25, 0.3) is 0 Å². The molecule has 1 fully saturated rings. The Hall–Kier alpha value is -1.35. The first-order valence-electron chi connectivity index (χ1n) is 5.78. The molecule has 0 unspecified atom stereocenters. The first kappa shape index (κ1) is 9.85. The summed E-state index contributed by atoms with van der Waals surface area (Å²) >= 11 is 0. The van der Waals surface area contributed by atoms with Crippen molar-refractivity contribution < 1.29 is 5.11 Å². The van der Waals surface area contributed by atoms with Crippen LogP contribution in [0, 0.1) is 13.8 Å². The lowest BCUT2D eigenvalue weighted by molar-refractivity contribution is 0.0720. The van der Waals surface area contributed by atoms with Crippen molar-refractivity contribution in [2.45, 2.75) is 38.7 Å². The average molecular weight is 216 g/mol. The Balaban J connectivity index is 2.03. The summed E-state index contributed by atoms with van der Waals surface area (Å²) in [6.07, 6.45) is 1.57. The van der Waals surface area contributed by atoms with Gasteiger partial charge in [-0.3, -0.25) is 0 Å². The van der Waals surface area contributed by atoms with Crippen molar-refractivity contribution in [1.82, 2.24) is 9.97 Å². The molecule has 0 spiro atoms. The van der Waals surface area contributed by atoms with E-state index < -0.39 is 0 Å². The van der Waals surface area contributed by atoms with Crippen LogP contribution in [0.15, 0.2) is 12.1 Å². The molecule has 1 aromatic carbocycles. The van der Waals surface area contributed by atoms with E-state index in [1.54, 1.807) is 0 Å². The molecule has 84 valence electrons. The number of aromatic nitrogens is 2. The molecule has 3 rings (SSSR count). The van der Waals surface area contributed by atoms with E-state index in [0.717, 1.165) is 29.7 Å². The fourth-order valence-electron chi connectivity index (χ4n) is 2.29. The van der Waals surface area contributed by atoms with Crippen molar-refractivity contribution in [2.24, 2.45) is 0 Å². The Morgan fingerprint density at radius 1 is 1.25 bits per heavy atom. The summed E-state index contributed by atoms with van der Waals surface area (Å²) < 4.78 is 0. The van der Waals surface area contributed by atoms with Gasteiger partial charge < -0.3 is 10.1 Å². The number of rotatable bonds is 1. The van der Waals surface area contributed by atoms with Crippen LogP contribution in [0.25, 0.3) is 11.0 Å². The van der Waals surface area contributed by atoms with Crippen LogP contribution in [0.2, 0.25) is 0 Å². The van der Waals surface area contributed by atoms with Crippen molar-refractivity contribution in [3.63, 3.8) is 0 Å². The molecule has 0 bridgehead atoms. The molecule has 3 nitrogen and oxygen atoms in total. The molecule has 1 saturated carbocycles. The number of aliphatic hydroxyl groups excluding tert-OH is 1. The standard InChI is InChI=1S/C13H16N2O/c1-7-3-11-12(4-8(7)2)15-13(14-11)9-5-10(16)6-9/h3-4,9-10,16H,5-6H2,1-2H3,(H,14,15). The minimum atomic E-state index is -0.123. The van der Waals surface area contributed by atoms with Crippen molar-refractivity contribution in [2.75, 3.05) is 0 Å². The number of aromatic amines is 1. The largest absolute Gasteiger partial charge is 0.393 e. The average Bonchev–Trinajstić information content (AvgIpc) is 2.56. The van der Waals surface area contributed by atoms with E-state index in [4.69, 9.17) is 0 Å². The van der Waals surface area contributed by atoms with Gasteiger partial charge in [-0.15, -0.1) is 0 Å². The van der Waals surface area contributed by atoms with Crippen LogP contribution in [0.5, 0.6) is 0 Å². The normalized spacial score (nSPS) is 24.7. The van der Waals surface area contributed by atoms with Gasteiger partial charge in [-0.05, 0) is 49.9 Å². The highest BCUT2D eigenvalue weighted by atomic mass is 16.3. The number of hydrogen-bond donors (Lipinski definition) is 2. The second kappa shape index (κ2) is 3.32. The van der Waals surface area contributed by atoms with E-state index in [1.165, 1.54) is 11.1 Å². The van der Waals surface area contributed by atoms with Gasteiger partial charge >= 0.3 is 0 Å². The topological polar surface area (TPSA) is 48.9 Å². The van der Waals surface area contributed by atoms with Gasteiger partial charge in [-0.2, -0.15) is 0 Å². The smallest absolute Gasteiger partial charge is 0.110 e. The monoisotopic (exact) mass is 216 g/mol. The highest BCUT2D eigenvalue weighted by molar-refractivity contribution is 5.77. The van der Waals surface area contributed by atoms with Crippen LogP contribution in [-0.4, -0.2) is 21.2 Å². The molecule has 1 heterocycles. The number of aryl methyl sites for hydroxylation is 2. The van der Waals surface area contributed by atoms with E-state index in [-0.39, 0.29) is 6.10 Å². The first-order chi connectivity index (χ1) is 7.63. The van der Waals surface area contributed by atoms with E-state index in [0.29, 0.717) is 5.92 Å². The number of hydrogen-bond acceptors (Lipinski definition) is 2. The van der Waals surface area contributed by atoms with Gasteiger partial charge in [0.1, 0.15) is 5.82 Å². The van der Waals surface area contributed by atoms with Gasteiger partial charge in [0.2, 0.25) is 0 Å². The third-order valence-electron chi connectivity index (χ3n) is 3.62. The quantitative estimate of drug-likeness (QED) is 0.769. The summed E-state index contributed by atoms with van der Waals surface area (Å²) in [7, 11) is 0. The summed E-state index contributed by atoms with van der Waals surface area (Å²) in [6, 6.07) is 4.27. The lowest BCUT2D eigenvalue weighted by Gasteiger charge is -2.29. The van der Waals surface area contributed by atoms with Gasteiger partial charge in [0, 0.05) is 5.92 Å². The molecule has 0 saturated heterocycles. The molecule has 2 N–H and O–H groups in total. The van der Waals surface area contributed by atoms with E-state index in [9.17, 15) is 5.11 Å². The van der Waals surface area contributed by atoms with Crippen LogP contribution in [-0.2, 0) is 0 Å². The molecular weight excluding hydrogens is 200 g/mol. The molecule has 1 aromatic heterocycles. The maximum Gasteiger partial charge on any atom is 0.110 e. The maximum absolute atomic E-state index is 9.30. The Kier molecular flexibility index (Phi) is 2.04. The first-order valence-corrected chi connectivity index (χ1v) is 5.78. The molecule has 1 aliphatic rings. The number of aliphatic hydroxyl groups is 1. The zero-order valence-corrected chi connectivity index (χ0v) is 9.62. The number of nitrogens with zero attached hydrogens (tertiary/aromatic N) is 1. The highest BCUT2D eigenvalue weighted by Gasteiger charge is 2.30. The van der Waals surface area contributed by atoms with Crippen LogP contribution in [0.1, 0.15) is 35.7 Å². The van der Waals surface area contributed by atoms with Gasteiger partial charge in [-0.25, -0.2) is 4.98 Å². The van der Waals surface area contributed by atoms with Crippen molar-refractivity contribution in [3.8, 4) is 0 Å². The molecule has 0 atom stereocenters. The molecule has 2 aromatic rings. The zero-order valence-electron chi connectivity index (χ0n) is 9.62. The number of benzene rings is 1. The Bertz CT molecular complexity index is 499. The molecule has 0 aliphatic heterocycles. The second-order valence-corrected chi connectivity index (χ2v) is 4.90.